The summed E-state index contributed by atoms with van der Waals surface area (Å²) in [4.78, 5) is 4.66. The van der Waals surface area contributed by atoms with Gasteiger partial charge < -0.3 is 5.32 Å². The number of anilines is 3. The molecule has 0 aliphatic rings. The van der Waals surface area contributed by atoms with Crippen molar-refractivity contribution in [3.63, 3.8) is 0 Å². The van der Waals surface area contributed by atoms with Gasteiger partial charge in [-0.2, -0.15) is 5.10 Å². The number of sulfonamides is 1. The minimum atomic E-state index is -3.34. The second kappa shape index (κ2) is 6.73. The van der Waals surface area contributed by atoms with Gasteiger partial charge in [-0.3, -0.25) is 4.72 Å². The molecule has 0 radical (unpaired) electrons. The van der Waals surface area contributed by atoms with Crippen LogP contribution in [0.25, 0.3) is 16.8 Å². The molecule has 2 aromatic carbocycles. The first-order chi connectivity index (χ1) is 13.0. The maximum atomic E-state index is 11.5. The van der Waals surface area contributed by atoms with Crippen LogP contribution in [-0.2, 0) is 10.0 Å². The lowest BCUT2D eigenvalue weighted by molar-refractivity contribution is 0.607. The number of nitrogens with one attached hydrogen (secondary N) is 2. The fourth-order valence-electron chi connectivity index (χ4n) is 2.78. The Morgan fingerprint density at radius 3 is 2.52 bits per heavy atom. The van der Waals surface area contributed by atoms with Crippen molar-refractivity contribution in [3.8, 4) is 11.1 Å². The first-order valence-corrected chi connectivity index (χ1v) is 10.1. The van der Waals surface area contributed by atoms with Crippen LogP contribution < -0.4 is 10.0 Å². The quantitative estimate of drug-likeness (QED) is 0.554. The number of para-hydroxylation sites is 1. The standard InChI is InChI=1S/C19H17N5O2S/c1-27(25,26)23-16-9-5-6-14(12-16)17-13-20-24-11-10-18(22-19(17)24)21-15-7-3-2-4-8-15/h2-13,23H,1H3,(H,21,22). The maximum Gasteiger partial charge on any atom is 0.229 e. The summed E-state index contributed by atoms with van der Waals surface area (Å²) in [5, 5.41) is 7.60. The summed E-state index contributed by atoms with van der Waals surface area (Å²) in [6, 6.07) is 18.8. The normalized spacial score (nSPS) is 11.4. The van der Waals surface area contributed by atoms with Crippen molar-refractivity contribution < 1.29 is 8.42 Å². The van der Waals surface area contributed by atoms with Crippen LogP contribution in [0, 0.1) is 0 Å². The highest BCUT2D eigenvalue weighted by Crippen LogP contribution is 2.27. The first kappa shape index (κ1) is 17.0. The summed E-state index contributed by atoms with van der Waals surface area (Å²) in [5.74, 6) is 0.695. The molecule has 2 heterocycles. The van der Waals surface area contributed by atoms with Crippen LogP contribution in [0.3, 0.4) is 0 Å². The Labute approximate surface area is 156 Å². The Balaban J connectivity index is 1.72. The van der Waals surface area contributed by atoms with Crippen molar-refractivity contribution in [2.75, 3.05) is 16.3 Å². The second-order valence-corrected chi connectivity index (χ2v) is 7.83. The van der Waals surface area contributed by atoms with Crippen LogP contribution in [-0.4, -0.2) is 29.3 Å². The lowest BCUT2D eigenvalue weighted by atomic mass is 10.1. The molecule has 0 spiro atoms. The van der Waals surface area contributed by atoms with E-state index in [0.29, 0.717) is 17.2 Å². The third-order valence-electron chi connectivity index (χ3n) is 3.89. The topological polar surface area (TPSA) is 88.4 Å². The third-order valence-corrected chi connectivity index (χ3v) is 4.50. The molecule has 4 aromatic rings. The Morgan fingerprint density at radius 2 is 1.74 bits per heavy atom. The molecule has 4 rings (SSSR count). The lowest BCUT2D eigenvalue weighted by Crippen LogP contribution is -2.09. The molecule has 0 amide bonds. The molecule has 0 saturated heterocycles. The number of nitrogens with zero attached hydrogens (tertiary/aromatic N) is 3. The van der Waals surface area contributed by atoms with Gasteiger partial charge in [0.2, 0.25) is 10.0 Å². The van der Waals surface area contributed by atoms with Crippen LogP contribution in [0.4, 0.5) is 17.2 Å². The number of aromatic nitrogens is 3. The van der Waals surface area contributed by atoms with Crippen molar-refractivity contribution in [2.45, 2.75) is 0 Å². The number of hydrogen-bond acceptors (Lipinski definition) is 5. The molecule has 7 nitrogen and oxygen atoms in total. The number of benzene rings is 2. The van der Waals surface area contributed by atoms with Gasteiger partial charge in [-0.15, -0.1) is 0 Å². The molecule has 8 heteroatoms. The van der Waals surface area contributed by atoms with Crippen LogP contribution in [0.2, 0.25) is 0 Å². The van der Waals surface area contributed by atoms with Gasteiger partial charge in [0, 0.05) is 23.1 Å². The predicted molar refractivity (Wildman–Crippen MR) is 107 cm³/mol. The molecule has 0 bridgehead atoms. The van der Waals surface area contributed by atoms with E-state index in [-0.39, 0.29) is 0 Å². The van der Waals surface area contributed by atoms with Gasteiger partial charge in [-0.25, -0.2) is 17.9 Å². The summed E-state index contributed by atoms with van der Waals surface area (Å²) in [6.07, 6.45) is 4.67. The first-order valence-electron chi connectivity index (χ1n) is 8.23. The summed E-state index contributed by atoms with van der Waals surface area (Å²) in [6.45, 7) is 0. The molecular formula is C19H17N5O2S. The summed E-state index contributed by atoms with van der Waals surface area (Å²) >= 11 is 0. The van der Waals surface area contributed by atoms with Crippen molar-refractivity contribution in [1.29, 1.82) is 0 Å². The molecule has 0 atom stereocenters. The van der Waals surface area contributed by atoms with Crippen molar-refractivity contribution in [3.05, 3.63) is 73.1 Å². The molecule has 0 fully saturated rings. The Hall–Kier alpha value is -3.39. The van der Waals surface area contributed by atoms with Crippen molar-refractivity contribution >= 4 is 32.9 Å². The molecule has 2 N–H and O–H groups in total. The van der Waals surface area contributed by atoms with Crippen LogP contribution >= 0.6 is 0 Å². The summed E-state index contributed by atoms with van der Waals surface area (Å²) < 4.78 is 27.1. The van der Waals surface area contributed by atoms with Crippen LogP contribution in [0.5, 0.6) is 0 Å². The molecule has 136 valence electrons. The van der Waals surface area contributed by atoms with E-state index in [2.05, 4.69) is 20.1 Å². The lowest BCUT2D eigenvalue weighted by Gasteiger charge is -2.07. The molecule has 0 saturated carbocycles. The average Bonchev–Trinajstić information content (AvgIpc) is 3.05. The fourth-order valence-corrected chi connectivity index (χ4v) is 3.33. The smallest absolute Gasteiger partial charge is 0.229 e. The van der Waals surface area contributed by atoms with Gasteiger partial charge >= 0.3 is 0 Å². The zero-order chi connectivity index (χ0) is 18.9. The van der Waals surface area contributed by atoms with Gasteiger partial charge in [0.05, 0.1) is 12.5 Å². The van der Waals surface area contributed by atoms with E-state index < -0.39 is 10.0 Å². The summed E-state index contributed by atoms with van der Waals surface area (Å²) in [5.41, 5.74) is 3.74. The number of rotatable bonds is 5. The van der Waals surface area contributed by atoms with E-state index in [1.165, 1.54) is 0 Å². The minimum absolute atomic E-state index is 0.493. The Morgan fingerprint density at radius 1 is 0.963 bits per heavy atom. The highest BCUT2D eigenvalue weighted by molar-refractivity contribution is 7.92. The predicted octanol–water partition coefficient (Wildman–Crippen LogP) is 3.51. The Kier molecular flexibility index (Phi) is 4.25. The van der Waals surface area contributed by atoms with Gasteiger partial charge in [0.25, 0.3) is 0 Å². The van der Waals surface area contributed by atoms with E-state index in [4.69, 9.17) is 0 Å². The van der Waals surface area contributed by atoms with Crippen molar-refractivity contribution in [2.24, 2.45) is 0 Å². The highest BCUT2D eigenvalue weighted by Gasteiger charge is 2.11. The number of hydrogen-bond donors (Lipinski definition) is 2. The van der Waals surface area contributed by atoms with E-state index in [1.807, 2.05) is 48.7 Å². The summed E-state index contributed by atoms with van der Waals surface area (Å²) in [7, 11) is -3.34. The van der Waals surface area contributed by atoms with Gasteiger partial charge in [-0.1, -0.05) is 30.3 Å². The van der Waals surface area contributed by atoms with E-state index in [0.717, 1.165) is 23.1 Å². The number of fused-ring (bicyclic) bond motifs is 1. The molecule has 2 aromatic heterocycles. The zero-order valence-corrected chi connectivity index (χ0v) is 15.3. The largest absolute Gasteiger partial charge is 0.340 e. The minimum Gasteiger partial charge on any atom is -0.340 e. The molecule has 0 aliphatic carbocycles. The second-order valence-electron chi connectivity index (χ2n) is 6.09. The maximum absolute atomic E-state index is 11.5. The van der Waals surface area contributed by atoms with E-state index in [9.17, 15) is 8.42 Å². The van der Waals surface area contributed by atoms with Crippen LogP contribution in [0.15, 0.2) is 73.1 Å². The van der Waals surface area contributed by atoms with Gasteiger partial charge in [-0.05, 0) is 35.9 Å². The molecule has 0 aliphatic heterocycles. The molecule has 0 unspecified atom stereocenters. The fraction of sp³-hybridized carbons (Fsp3) is 0.0526. The SMILES string of the molecule is CS(=O)(=O)Nc1cccc(-c2cnn3ccc(Nc4ccccc4)nc23)c1. The van der Waals surface area contributed by atoms with Gasteiger partial charge in [0.1, 0.15) is 5.82 Å². The average molecular weight is 379 g/mol. The van der Waals surface area contributed by atoms with Crippen LogP contribution in [0.1, 0.15) is 0 Å². The van der Waals surface area contributed by atoms with E-state index >= 15 is 0 Å². The Bertz CT molecular complexity index is 1200. The molecular weight excluding hydrogens is 362 g/mol. The monoisotopic (exact) mass is 379 g/mol. The van der Waals surface area contributed by atoms with E-state index in [1.54, 1.807) is 28.9 Å². The third kappa shape index (κ3) is 3.90. The van der Waals surface area contributed by atoms with Crippen molar-refractivity contribution in [1.82, 2.24) is 14.6 Å². The van der Waals surface area contributed by atoms with Gasteiger partial charge in [0.15, 0.2) is 5.65 Å². The molecule has 27 heavy (non-hydrogen) atoms. The zero-order valence-electron chi connectivity index (χ0n) is 14.5. The highest BCUT2D eigenvalue weighted by atomic mass is 32.2.